The fourth-order valence-corrected chi connectivity index (χ4v) is 10.3. The summed E-state index contributed by atoms with van der Waals surface area (Å²) in [6, 6.07) is 9.76. The number of anilines is 5. The van der Waals surface area contributed by atoms with Gasteiger partial charge < -0.3 is 50.3 Å². The number of hydrogen-bond donors (Lipinski definition) is 5. The molecule has 4 fully saturated rings. The van der Waals surface area contributed by atoms with Gasteiger partial charge in [-0.2, -0.15) is 4.98 Å². The fourth-order valence-electron chi connectivity index (χ4n) is 10.3. The maximum Gasteiger partial charge on any atom is 0.255 e. The van der Waals surface area contributed by atoms with Gasteiger partial charge in [0.05, 0.1) is 37.7 Å². The van der Waals surface area contributed by atoms with Crippen LogP contribution in [-0.4, -0.2) is 138 Å². The second kappa shape index (κ2) is 19.6. The van der Waals surface area contributed by atoms with Gasteiger partial charge in [0.2, 0.25) is 29.6 Å². The van der Waals surface area contributed by atoms with Gasteiger partial charge in [-0.05, 0) is 81.7 Å². The largest absolute Gasteiger partial charge is 0.495 e. The summed E-state index contributed by atoms with van der Waals surface area (Å²) in [5.41, 5.74) is 2.76. The second-order valence-electron chi connectivity index (χ2n) is 18.5. The summed E-state index contributed by atoms with van der Waals surface area (Å²) in [6.07, 6.45) is 10.1. The van der Waals surface area contributed by atoms with Crippen LogP contribution in [0.1, 0.15) is 104 Å². The smallest absolute Gasteiger partial charge is 0.255 e. The zero-order valence-electron chi connectivity index (χ0n) is 38.5. The highest BCUT2D eigenvalue weighted by Crippen LogP contribution is 2.41. The Kier molecular flexibility index (Phi) is 13.4. The molecular formula is C48H61N11O8. The Balaban J connectivity index is 0.696. The first kappa shape index (κ1) is 46.0. The highest BCUT2D eigenvalue weighted by molar-refractivity contribution is 6.08. The lowest BCUT2D eigenvalue weighted by Gasteiger charge is -2.43. The van der Waals surface area contributed by atoms with Gasteiger partial charge in [0, 0.05) is 80.7 Å². The van der Waals surface area contributed by atoms with E-state index in [2.05, 4.69) is 41.4 Å². The number of ether oxygens (including phenoxy) is 2. The summed E-state index contributed by atoms with van der Waals surface area (Å²) in [5.74, 6) is 0.240. The number of amides is 6. The molecule has 0 bridgehead atoms. The molecule has 4 aliphatic heterocycles. The molecule has 2 aliphatic carbocycles. The predicted octanol–water partition coefficient (Wildman–Crippen LogP) is 3.47. The third kappa shape index (κ3) is 9.54. The van der Waals surface area contributed by atoms with Gasteiger partial charge in [-0.25, -0.2) is 4.98 Å². The Morgan fingerprint density at radius 2 is 1.76 bits per heavy atom. The molecular weight excluding hydrogens is 859 g/mol. The second-order valence-corrected chi connectivity index (χ2v) is 18.5. The molecule has 2 saturated heterocycles. The Hall–Kier alpha value is -6.18. The number of likely N-dealkylation sites (N-methyl/N-ethyl adjacent to an activating group) is 1. The standard InChI is InChI=1S/C48H61N11O8/c1-4-36-45(64)56(2)38-27-49-47(55-41(38)59(36)31-8-5-6-9-31)53-35-13-12-29(26-39(35)66-3)42(61)51-30-16-21-57(22-17-30)23-25-67-24-20-50-48(18-19-48)46(65)52-34-11-7-10-32-33(34)28-58(44(32)63)37-14-15-40(60)54-43(37)62/h7,10-13,26-27,30-31,36-37,50H,4-6,8-9,14-25,28H2,1-3H3,(H,51,61)(H,52,65)(H,49,53,55)(H,54,60,62)/t36-,37?/m1/s1. The number of nitrogens with zero attached hydrogens (tertiary/aromatic N) is 6. The van der Waals surface area contributed by atoms with E-state index in [4.69, 9.17) is 14.5 Å². The minimum atomic E-state index is -0.728. The van der Waals surface area contributed by atoms with Gasteiger partial charge in [0.15, 0.2) is 5.82 Å². The number of nitrogens with one attached hydrogen (secondary N) is 5. The van der Waals surface area contributed by atoms with Crippen molar-refractivity contribution in [2.24, 2.45) is 0 Å². The summed E-state index contributed by atoms with van der Waals surface area (Å²) in [6.45, 7) is 6.10. The van der Waals surface area contributed by atoms with E-state index < -0.39 is 17.5 Å². The first-order valence-electron chi connectivity index (χ1n) is 23.8. The van der Waals surface area contributed by atoms with E-state index in [1.54, 1.807) is 61.7 Å². The highest BCUT2D eigenvalue weighted by Gasteiger charge is 2.50. The molecule has 19 heteroatoms. The lowest BCUT2D eigenvalue weighted by atomic mass is 10.0. The van der Waals surface area contributed by atoms with Gasteiger partial charge in [-0.15, -0.1) is 0 Å². The van der Waals surface area contributed by atoms with Crippen molar-refractivity contribution in [3.05, 3.63) is 59.3 Å². The predicted molar refractivity (Wildman–Crippen MR) is 249 cm³/mol. The van der Waals surface area contributed by atoms with Gasteiger partial charge in [-0.1, -0.05) is 25.8 Å². The molecule has 1 aromatic heterocycles. The van der Waals surface area contributed by atoms with E-state index in [0.717, 1.165) is 64.0 Å². The van der Waals surface area contributed by atoms with Gasteiger partial charge in [-0.3, -0.25) is 34.1 Å². The van der Waals surface area contributed by atoms with Crippen molar-refractivity contribution in [2.75, 3.05) is 74.0 Å². The molecule has 3 aromatic rings. The van der Waals surface area contributed by atoms with Gasteiger partial charge in [0.1, 0.15) is 23.5 Å². The van der Waals surface area contributed by atoms with Crippen LogP contribution < -0.4 is 41.1 Å². The number of hydrogen-bond acceptors (Lipinski definition) is 14. The Morgan fingerprint density at radius 1 is 0.970 bits per heavy atom. The Bertz CT molecular complexity index is 2410. The SMILES string of the molecule is CC[C@@H]1C(=O)N(C)c2cnc(Nc3ccc(C(=O)NC4CCN(CCOCCNC5(C(=O)Nc6cccc7c6CN(C6CCC(=O)NC6=O)C7=O)CC5)CC4)cc3OC)nc2N1C1CCCC1. The number of carbonyl (C=O) groups is 6. The third-order valence-electron chi connectivity index (χ3n) is 14.3. The average molecular weight is 920 g/mol. The number of benzene rings is 2. The van der Waals surface area contributed by atoms with Crippen LogP contribution in [-0.2, 0) is 30.5 Å². The quantitative estimate of drug-likeness (QED) is 0.0968. The van der Waals surface area contributed by atoms with Crippen LogP contribution in [0, 0.1) is 0 Å². The zero-order chi connectivity index (χ0) is 46.8. The molecule has 5 N–H and O–H groups in total. The average Bonchev–Trinajstić information content (AvgIpc) is 3.78. The number of likely N-dealkylation sites (tertiary alicyclic amines) is 1. The minimum absolute atomic E-state index is 0.0314. The van der Waals surface area contributed by atoms with E-state index in [0.29, 0.717) is 84.5 Å². The molecule has 19 nitrogen and oxygen atoms in total. The van der Waals surface area contributed by atoms with Crippen molar-refractivity contribution in [1.82, 2.24) is 35.7 Å². The van der Waals surface area contributed by atoms with E-state index in [9.17, 15) is 28.8 Å². The summed E-state index contributed by atoms with van der Waals surface area (Å²) in [5, 5.41) is 15.2. The third-order valence-corrected chi connectivity index (χ3v) is 14.3. The summed E-state index contributed by atoms with van der Waals surface area (Å²) in [4.78, 5) is 94.8. The first-order chi connectivity index (χ1) is 32.5. The van der Waals surface area contributed by atoms with Crippen molar-refractivity contribution in [1.29, 1.82) is 0 Å². The van der Waals surface area contributed by atoms with E-state index in [-0.39, 0.29) is 67.0 Å². The Morgan fingerprint density at radius 3 is 2.49 bits per heavy atom. The van der Waals surface area contributed by atoms with Crippen molar-refractivity contribution in [2.45, 2.75) is 114 Å². The van der Waals surface area contributed by atoms with Crippen molar-refractivity contribution in [3.8, 4) is 5.75 Å². The van der Waals surface area contributed by atoms with Crippen LogP contribution in [0.2, 0.25) is 0 Å². The number of methoxy groups -OCH3 is 1. The van der Waals surface area contributed by atoms with Crippen LogP contribution in [0.3, 0.4) is 0 Å². The molecule has 2 atom stereocenters. The molecule has 6 amide bonds. The summed E-state index contributed by atoms with van der Waals surface area (Å²) in [7, 11) is 3.35. The number of carbonyl (C=O) groups excluding carboxylic acids is 6. The monoisotopic (exact) mass is 919 g/mol. The lowest BCUT2D eigenvalue weighted by Crippen LogP contribution is -2.55. The molecule has 2 aromatic carbocycles. The molecule has 5 heterocycles. The van der Waals surface area contributed by atoms with Crippen molar-refractivity contribution in [3.63, 3.8) is 0 Å². The van der Waals surface area contributed by atoms with Crippen LogP contribution in [0.15, 0.2) is 42.6 Å². The molecule has 9 rings (SSSR count). The first-order valence-corrected chi connectivity index (χ1v) is 23.8. The van der Waals surface area contributed by atoms with Crippen molar-refractivity contribution < 1.29 is 38.2 Å². The summed E-state index contributed by atoms with van der Waals surface area (Å²) >= 11 is 0. The molecule has 1 unspecified atom stereocenters. The van der Waals surface area contributed by atoms with Gasteiger partial charge >= 0.3 is 0 Å². The van der Waals surface area contributed by atoms with Crippen LogP contribution in [0.25, 0.3) is 0 Å². The van der Waals surface area contributed by atoms with Crippen LogP contribution in [0.5, 0.6) is 5.75 Å². The number of aromatic nitrogens is 2. The molecule has 0 radical (unpaired) electrons. The van der Waals surface area contributed by atoms with Crippen molar-refractivity contribution >= 4 is 64.3 Å². The molecule has 2 saturated carbocycles. The van der Waals surface area contributed by atoms with E-state index in [1.807, 2.05) is 6.92 Å². The molecule has 0 spiro atoms. The number of imide groups is 1. The van der Waals surface area contributed by atoms with Crippen LogP contribution in [0.4, 0.5) is 28.8 Å². The normalized spacial score (nSPS) is 21.8. The topological polar surface area (TPSA) is 220 Å². The number of rotatable bonds is 17. The maximum atomic E-state index is 13.5. The van der Waals surface area contributed by atoms with Gasteiger partial charge in [0.25, 0.3) is 11.8 Å². The molecule has 356 valence electrons. The zero-order valence-corrected chi connectivity index (χ0v) is 38.5. The van der Waals surface area contributed by atoms with E-state index in [1.165, 1.54) is 4.90 Å². The fraction of sp³-hybridized carbons (Fsp3) is 0.542. The highest BCUT2D eigenvalue weighted by atomic mass is 16.5. The van der Waals surface area contributed by atoms with Crippen LogP contribution >= 0.6 is 0 Å². The maximum absolute atomic E-state index is 13.5. The lowest BCUT2D eigenvalue weighted by molar-refractivity contribution is -0.137. The summed E-state index contributed by atoms with van der Waals surface area (Å²) < 4.78 is 11.7. The Labute approximate surface area is 390 Å². The van der Waals surface area contributed by atoms with E-state index >= 15 is 0 Å². The molecule has 6 aliphatic rings. The number of piperidine rings is 2. The number of fused-ring (bicyclic) bond motifs is 2. The molecule has 67 heavy (non-hydrogen) atoms. The minimum Gasteiger partial charge on any atom is -0.495 e.